The first kappa shape index (κ1) is 17.4. The number of ether oxygens (including phenoxy) is 1. The second-order valence-corrected chi connectivity index (χ2v) is 5.37. The lowest BCUT2D eigenvalue weighted by Gasteiger charge is -2.03. The SMILES string of the molecule is COC(=O)CCCCCCC(=O)CCCc1ccccc1. The van der Waals surface area contributed by atoms with E-state index in [0.717, 1.165) is 38.5 Å². The minimum absolute atomic E-state index is 0.146. The van der Waals surface area contributed by atoms with Crippen molar-refractivity contribution in [3.05, 3.63) is 35.9 Å². The maximum absolute atomic E-state index is 11.7. The summed E-state index contributed by atoms with van der Waals surface area (Å²) in [5, 5.41) is 0. The summed E-state index contributed by atoms with van der Waals surface area (Å²) < 4.78 is 4.58. The number of hydrogen-bond acceptors (Lipinski definition) is 3. The molecule has 3 nitrogen and oxygen atoms in total. The molecule has 116 valence electrons. The molecule has 0 aliphatic heterocycles. The topological polar surface area (TPSA) is 43.4 Å². The molecule has 0 N–H and O–H groups in total. The fourth-order valence-corrected chi connectivity index (χ4v) is 2.31. The van der Waals surface area contributed by atoms with Gasteiger partial charge in [0.15, 0.2) is 0 Å². The van der Waals surface area contributed by atoms with Gasteiger partial charge >= 0.3 is 5.97 Å². The third-order valence-electron chi connectivity index (χ3n) is 3.58. The Morgan fingerprint density at radius 3 is 2.14 bits per heavy atom. The Kier molecular flexibility index (Phi) is 9.18. The molecule has 0 aromatic heterocycles. The maximum Gasteiger partial charge on any atom is 0.305 e. The fraction of sp³-hybridized carbons (Fsp3) is 0.556. The number of methoxy groups -OCH3 is 1. The van der Waals surface area contributed by atoms with Crippen LogP contribution >= 0.6 is 0 Å². The first-order valence-corrected chi connectivity index (χ1v) is 7.85. The fourth-order valence-electron chi connectivity index (χ4n) is 2.31. The summed E-state index contributed by atoms with van der Waals surface area (Å²) in [4.78, 5) is 22.7. The van der Waals surface area contributed by atoms with Crippen molar-refractivity contribution in [1.29, 1.82) is 0 Å². The summed E-state index contributed by atoms with van der Waals surface area (Å²) in [5.41, 5.74) is 1.30. The van der Waals surface area contributed by atoms with Crippen molar-refractivity contribution in [1.82, 2.24) is 0 Å². The first-order valence-electron chi connectivity index (χ1n) is 7.85. The van der Waals surface area contributed by atoms with Gasteiger partial charge in [-0.3, -0.25) is 9.59 Å². The van der Waals surface area contributed by atoms with Crippen LogP contribution in [0.5, 0.6) is 0 Å². The molecule has 21 heavy (non-hydrogen) atoms. The van der Waals surface area contributed by atoms with E-state index < -0.39 is 0 Å². The zero-order valence-electron chi connectivity index (χ0n) is 13.0. The molecule has 1 rings (SSSR count). The Balaban J connectivity index is 1.95. The molecule has 0 unspecified atom stereocenters. The van der Waals surface area contributed by atoms with E-state index in [1.165, 1.54) is 12.7 Å². The van der Waals surface area contributed by atoms with Gasteiger partial charge in [0, 0.05) is 19.3 Å². The molecule has 0 radical (unpaired) electrons. The van der Waals surface area contributed by atoms with Gasteiger partial charge in [-0.15, -0.1) is 0 Å². The Hall–Kier alpha value is -1.64. The lowest BCUT2D eigenvalue weighted by molar-refractivity contribution is -0.140. The molecule has 0 heterocycles. The molecule has 0 fully saturated rings. The summed E-state index contributed by atoms with van der Waals surface area (Å²) in [6.07, 6.45) is 7.55. The number of benzene rings is 1. The van der Waals surface area contributed by atoms with Crippen LogP contribution in [0, 0.1) is 0 Å². The summed E-state index contributed by atoms with van der Waals surface area (Å²) in [7, 11) is 1.41. The quantitative estimate of drug-likeness (QED) is 0.455. The van der Waals surface area contributed by atoms with Gasteiger partial charge in [-0.25, -0.2) is 0 Å². The van der Waals surface area contributed by atoms with Gasteiger partial charge in [-0.05, 0) is 31.2 Å². The summed E-state index contributed by atoms with van der Waals surface area (Å²) >= 11 is 0. The van der Waals surface area contributed by atoms with E-state index in [1.807, 2.05) is 18.2 Å². The number of esters is 1. The molecule has 1 aromatic carbocycles. The van der Waals surface area contributed by atoms with Crippen LogP contribution in [0.3, 0.4) is 0 Å². The number of unbranched alkanes of at least 4 members (excludes halogenated alkanes) is 3. The van der Waals surface area contributed by atoms with Crippen LogP contribution in [0.15, 0.2) is 30.3 Å². The highest BCUT2D eigenvalue weighted by molar-refractivity contribution is 5.78. The lowest BCUT2D eigenvalue weighted by atomic mass is 10.0. The predicted molar refractivity (Wildman–Crippen MR) is 84.1 cm³/mol. The second-order valence-electron chi connectivity index (χ2n) is 5.37. The monoisotopic (exact) mass is 290 g/mol. The Labute approximate surface area is 127 Å². The molecule has 0 spiro atoms. The number of rotatable bonds is 11. The molecule has 0 aliphatic rings. The van der Waals surface area contributed by atoms with Crippen molar-refractivity contribution < 1.29 is 14.3 Å². The standard InChI is InChI=1S/C18H26O3/c1-21-18(20)15-8-3-2-7-13-17(19)14-9-12-16-10-5-4-6-11-16/h4-6,10-11H,2-3,7-9,12-15H2,1H3. The molecular formula is C18H26O3. The second kappa shape index (κ2) is 11.1. The number of ketones is 1. The minimum Gasteiger partial charge on any atom is -0.469 e. The third kappa shape index (κ3) is 9.01. The van der Waals surface area contributed by atoms with Crippen LogP contribution in [-0.4, -0.2) is 18.9 Å². The number of hydrogen-bond donors (Lipinski definition) is 0. The van der Waals surface area contributed by atoms with Crippen LogP contribution in [0.2, 0.25) is 0 Å². The molecule has 0 bridgehead atoms. The van der Waals surface area contributed by atoms with Gasteiger partial charge in [-0.1, -0.05) is 43.2 Å². The number of Topliss-reactive ketones (excluding diaryl/α,β-unsaturated/α-hetero) is 1. The average molecular weight is 290 g/mol. The zero-order chi connectivity index (χ0) is 15.3. The Morgan fingerprint density at radius 2 is 1.48 bits per heavy atom. The van der Waals surface area contributed by atoms with E-state index in [2.05, 4.69) is 16.9 Å². The van der Waals surface area contributed by atoms with E-state index >= 15 is 0 Å². The molecule has 1 aromatic rings. The Bertz CT molecular complexity index is 412. The van der Waals surface area contributed by atoms with Crippen molar-refractivity contribution in [2.45, 2.75) is 57.8 Å². The molecule has 0 saturated heterocycles. The van der Waals surface area contributed by atoms with Crippen LogP contribution in [0.1, 0.15) is 56.9 Å². The number of carbonyl (C=O) groups is 2. The lowest BCUT2D eigenvalue weighted by Crippen LogP contribution is -2.00. The normalized spacial score (nSPS) is 10.3. The van der Waals surface area contributed by atoms with Crippen molar-refractivity contribution in [2.75, 3.05) is 7.11 Å². The largest absolute Gasteiger partial charge is 0.469 e. The first-order chi connectivity index (χ1) is 10.2. The maximum atomic E-state index is 11.7. The van der Waals surface area contributed by atoms with Crippen molar-refractivity contribution in [2.24, 2.45) is 0 Å². The van der Waals surface area contributed by atoms with Gasteiger partial charge in [0.25, 0.3) is 0 Å². The van der Waals surface area contributed by atoms with Crippen LogP contribution in [0.25, 0.3) is 0 Å². The smallest absolute Gasteiger partial charge is 0.305 e. The van der Waals surface area contributed by atoms with E-state index in [9.17, 15) is 9.59 Å². The van der Waals surface area contributed by atoms with Crippen LogP contribution in [0.4, 0.5) is 0 Å². The molecule has 0 amide bonds. The van der Waals surface area contributed by atoms with Crippen LogP contribution in [-0.2, 0) is 20.7 Å². The summed E-state index contributed by atoms with van der Waals surface area (Å²) in [6.45, 7) is 0. The predicted octanol–water partition coefficient (Wildman–Crippen LogP) is 4.09. The molecular weight excluding hydrogens is 264 g/mol. The zero-order valence-corrected chi connectivity index (χ0v) is 13.0. The van der Waals surface area contributed by atoms with Gasteiger partial charge in [0.1, 0.15) is 5.78 Å². The molecule has 0 aliphatic carbocycles. The van der Waals surface area contributed by atoms with Gasteiger partial charge in [0.2, 0.25) is 0 Å². The highest BCUT2D eigenvalue weighted by Crippen LogP contribution is 2.10. The van der Waals surface area contributed by atoms with Crippen LogP contribution < -0.4 is 0 Å². The van der Waals surface area contributed by atoms with Gasteiger partial charge < -0.3 is 4.74 Å². The number of aryl methyl sites for hydroxylation is 1. The minimum atomic E-state index is -0.146. The summed E-state index contributed by atoms with van der Waals surface area (Å²) in [6, 6.07) is 10.3. The highest BCUT2D eigenvalue weighted by Gasteiger charge is 2.03. The molecule has 0 saturated carbocycles. The van der Waals surface area contributed by atoms with Gasteiger partial charge in [0.05, 0.1) is 7.11 Å². The van der Waals surface area contributed by atoms with E-state index in [4.69, 9.17) is 0 Å². The molecule has 3 heteroatoms. The van der Waals surface area contributed by atoms with Crippen molar-refractivity contribution >= 4 is 11.8 Å². The van der Waals surface area contributed by atoms with Gasteiger partial charge in [-0.2, -0.15) is 0 Å². The third-order valence-corrected chi connectivity index (χ3v) is 3.58. The van der Waals surface area contributed by atoms with Crippen molar-refractivity contribution in [3.8, 4) is 0 Å². The molecule has 0 atom stereocenters. The average Bonchev–Trinajstić information content (AvgIpc) is 2.51. The van der Waals surface area contributed by atoms with E-state index in [-0.39, 0.29) is 5.97 Å². The van der Waals surface area contributed by atoms with E-state index in [0.29, 0.717) is 25.0 Å². The summed E-state index contributed by atoms with van der Waals surface area (Å²) in [5.74, 6) is 0.214. The van der Waals surface area contributed by atoms with E-state index in [1.54, 1.807) is 0 Å². The van der Waals surface area contributed by atoms with Crippen molar-refractivity contribution in [3.63, 3.8) is 0 Å². The Morgan fingerprint density at radius 1 is 0.857 bits per heavy atom. The highest BCUT2D eigenvalue weighted by atomic mass is 16.5. The number of carbonyl (C=O) groups excluding carboxylic acids is 2.